The molecule has 3 heterocycles. The molecular formula is C13H17BrN4. The van der Waals surface area contributed by atoms with Crippen molar-refractivity contribution in [3.63, 3.8) is 0 Å². The number of pyridine rings is 1. The van der Waals surface area contributed by atoms with Gasteiger partial charge in [0.05, 0.1) is 5.54 Å². The lowest BCUT2D eigenvalue weighted by Gasteiger charge is -2.27. The van der Waals surface area contributed by atoms with E-state index >= 15 is 0 Å². The summed E-state index contributed by atoms with van der Waals surface area (Å²) in [7, 11) is 0. The summed E-state index contributed by atoms with van der Waals surface area (Å²) in [6, 6.07) is 4.00. The lowest BCUT2D eigenvalue weighted by Crippen LogP contribution is -2.38. The summed E-state index contributed by atoms with van der Waals surface area (Å²) in [5, 5.41) is 12.4. The molecule has 0 radical (unpaired) electrons. The summed E-state index contributed by atoms with van der Waals surface area (Å²) < 4.78 is 3.17. The molecule has 2 aromatic heterocycles. The lowest BCUT2D eigenvalue weighted by atomic mass is 9.91. The van der Waals surface area contributed by atoms with Crippen LogP contribution in [0, 0.1) is 0 Å². The van der Waals surface area contributed by atoms with Crippen molar-refractivity contribution in [1.82, 2.24) is 19.9 Å². The van der Waals surface area contributed by atoms with E-state index in [-0.39, 0.29) is 5.54 Å². The molecule has 0 spiro atoms. The normalized spacial score (nSPS) is 23.9. The second kappa shape index (κ2) is 4.63. The van der Waals surface area contributed by atoms with Crippen molar-refractivity contribution in [2.45, 2.75) is 38.1 Å². The van der Waals surface area contributed by atoms with Gasteiger partial charge in [-0.25, -0.2) is 0 Å². The van der Waals surface area contributed by atoms with E-state index in [0.717, 1.165) is 41.8 Å². The summed E-state index contributed by atoms with van der Waals surface area (Å²) in [5.41, 5.74) is 0.923. The molecule has 96 valence electrons. The third-order valence-corrected chi connectivity index (χ3v) is 4.18. The average Bonchev–Trinajstić information content (AvgIpc) is 2.96. The number of rotatable bonds is 3. The number of nitrogens with one attached hydrogen (secondary N) is 1. The predicted octanol–water partition coefficient (Wildman–Crippen LogP) is 2.87. The van der Waals surface area contributed by atoms with Crippen molar-refractivity contribution < 1.29 is 0 Å². The average molecular weight is 309 g/mol. The Labute approximate surface area is 115 Å². The van der Waals surface area contributed by atoms with Crippen LogP contribution in [0.3, 0.4) is 0 Å². The molecular weight excluding hydrogens is 292 g/mol. The molecule has 1 N–H and O–H groups in total. The number of hydrogen-bond acceptors (Lipinski definition) is 3. The Hall–Kier alpha value is -0.940. The second-order valence-electron chi connectivity index (χ2n) is 4.96. The zero-order valence-electron chi connectivity index (χ0n) is 10.5. The van der Waals surface area contributed by atoms with Crippen LogP contribution in [0.15, 0.2) is 22.8 Å². The molecule has 2 aromatic rings. The van der Waals surface area contributed by atoms with Crippen LogP contribution in [-0.2, 0) is 5.54 Å². The van der Waals surface area contributed by atoms with Crippen LogP contribution < -0.4 is 5.32 Å². The van der Waals surface area contributed by atoms with E-state index in [4.69, 9.17) is 0 Å². The minimum atomic E-state index is 0.00889. The third-order valence-electron chi connectivity index (χ3n) is 3.71. The first-order valence-electron chi connectivity index (χ1n) is 6.51. The van der Waals surface area contributed by atoms with Crippen LogP contribution in [0.1, 0.15) is 38.4 Å². The molecule has 1 aliphatic heterocycles. The lowest BCUT2D eigenvalue weighted by molar-refractivity contribution is 0.331. The van der Waals surface area contributed by atoms with Gasteiger partial charge in [0.25, 0.3) is 0 Å². The van der Waals surface area contributed by atoms with Crippen LogP contribution >= 0.6 is 15.9 Å². The number of hydrogen-bond donors (Lipinski definition) is 1. The molecule has 0 amide bonds. The van der Waals surface area contributed by atoms with Crippen LogP contribution in [0.5, 0.6) is 0 Å². The second-order valence-corrected chi connectivity index (χ2v) is 5.88. The van der Waals surface area contributed by atoms with Gasteiger partial charge in [0.1, 0.15) is 0 Å². The minimum absolute atomic E-state index is 0.00889. The molecule has 1 unspecified atom stereocenters. The molecule has 1 aliphatic rings. The molecule has 1 saturated heterocycles. The zero-order chi connectivity index (χ0) is 12.6. The van der Waals surface area contributed by atoms with Crippen LogP contribution in [-0.4, -0.2) is 21.1 Å². The Morgan fingerprint density at radius 3 is 3.06 bits per heavy atom. The summed E-state index contributed by atoms with van der Waals surface area (Å²) in [6.45, 7) is 3.30. The van der Waals surface area contributed by atoms with E-state index in [1.165, 1.54) is 6.42 Å². The van der Waals surface area contributed by atoms with Crippen LogP contribution in [0.25, 0.3) is 5.65 Å². The van der Waals surface area contributed by atoms with Gasteiger partial charge in [0, 0.05) is 10.7 Å². The SMILES string of the molecule is CCCC1(c2nnc3ccc(Br)cn23)CCCN1. The van der Waals surface area contributed by atoms with Gasteiger partial charge in [-0.3, -0.25) is 4.40 Å². The smallest absolute Gasteiger partial charge is 0.160 e. The highest BCUT2D eigenvalue weighted by molar-refractivity contribution is 9.10. The number of halogens is 1. The minimum Gasteiger partial charge on any atom is -0.305 e. The summed E-state index contributed by atoms with van der Waals surface area (Å²) in [5.74, 6) is 1.05. The molecule has 1 atom stereocenters. The first kappa shape index (κ1) is 12.1. The van der Waals surface area contributed by atoms with E-state index in [2.05, 4.69) is 49.0 Å². The van der Waals surface area contributed by atoms with Crippen LogP contribution in [0.4, 0.5) is 0 Å². The Kier molecular flexibility index (Phi) is 3.11. The van der Waals surface area contributed by atoms with Crippen molar-refractivity contribution >= 4 is 21.6 Å². The zero-order valence-corrected chi connectivity index (χ0v) is 12.1. The highest BCUT2D eigenvalue weighted by Gasteiger charge is 2.38. The summed E-state index contributed by atoms with van der Waals surface area (Å²) >= 11 is 3.52. The molecule has 0 saturated carbocycles. The fourth-order valence-electron chi connectivity index (χ4n) is 2.94. The number of aromatic nitrogens is 3. The molecule has 0 aliphatic carbocycles. The molecule has 1 fully saturated rings. The van der Waals surface area contributed by atoms with Crippen molar-refractivity contribution in [3.05, 3.63) is 28.6 Å². The Morgan fingerprint density at radius 2 is 2.33 bits per heavy atom. The quantitative estimate of drug-likeness (QED) is 0.948. The fraction of sp³-hybridized carbons (Fsp3) is 0.538. The van der Waals surface area contributed by atoms with Gasteiger partial charge in [0.15, 0.2) is 11.5 Å². The van der Waals surface area contributed by atoms with Crippen molar-refractivity contribution in [1.29, 1.82) is 0 Å². The van der Waals surface area contributed by atoms with Gasteiger partial charge in [-0.05, 0) is 53.9 Å². The number of nitrogens with zero attached hydrogens (tertiary/aromatic N) is 3. The Balaban J connectivity index is 2.14. The highest BCUT2D eigenvalue weighted by atomic mass is 79.9. The third kappa shape index (κ3) is 1.86. The molecule has 4 nitrogen and oxygen atoms in total. The number of fused-ring (bicyclic) bond motifs is 1. The molecule has 18 heavy (non-hydrogen) atoms. The topological polar surface area (TPSA) is 42.2 Å². The molecule has 3 rings (SSSR count). The maximum atomic E-state index is 4.44. The maximum absolute atomic E-state index is 4.44. The van der Waals surface area contributed by atoms with E-state index in [9.17, 15) is 0 Å². The molecule has 5 heteroatoms. The van der Waals surface area contributed by atoms with Gasteiger partial charge >= 0.3 is 0 Å². The standard InChI is InChI=1S/C13H17BrN4/c1-2-6-13(7-3-8-15-13)12-17-16-11-5-4-10(14)9-18(11)12/h4-5,9,15H,2-3,6-8H2,1H3. The Morgan fingerprint density at radius 1 is 1.44 bits per heavy atom. The maximum Gasteiger partial charge on any atom is 0.160 e. The van der Waals surface area contributed by atoms with E-state index < -0.39 is 0 Å². The highest BCUT2D eigenvalue weighted by Crippen LogP contribution is 2.34. The van der Waals surface area contributed by atoms with Crippen molar-refractivity contribution in [3.8, 4) is 0 Å². The molecule has 0 aromatic carbocycles. The predicted molar refractivity (Wildman–Crippen MR) is 74.5 cm³/mol. The van der Waals surface area contributed by atoms with Gasteiger partial charge in [-0.1, -0.05) is 13.3 Å². The van der Waals surface area contributed by atoms with E-state index in [1.807, 2.05) is 12.1 Å². The van der Waals surface area contributed by atoms with Gasteiger partial charge in [0.2, 0.25) is 0 Å². The van der Waals surface area contributed by atoms with Gasteiger partial charge < -0.3 is 5.32 Å². The fourth-order valence-corrected chi connectivity index (χ4v) is 3.28. The van der Waals surface area contributed by atoms with E-state index in [1.54, 1.807) is 0 Å². The van der Waals surface area contributed by atoms with Crippen molar-refractivity contribution in [2.75, 3.05) is 6.54 Å². The van der Waals surface area contributed by atoms with E-state index in [0.29, 0.717) is 0 Å². The summed E-state index contributed by atoms with van der Waals surface area (Å²) in [4.78, 5) is 0. The molecule has 0 bridgehead atoms. The Bertz CT molecular complexity index is 557. The van der Waals surface area contributed by atoms with Crippen LogP contribution in [0.2, 0.25) is 0 Å². The monoisotopic (exact) mass is 308 g/mol. The largest absolute Gasteiger partial charge is 0.305 e. The first-order valence-corrected chi connectivity index (χ1v) is 7.30. The first-order chi connectivity index (χ1) is 8.75. The van der Waals surface area contributed by atoms with Gasteiger partial charge in [-0.15, -0.1) is 10.2 Å². The van der Waals surface area contributed by atoms with Crippen molar-refractivity contribution in [2.24, 2.45) is 0 Å². The summed E-state index contributed by atoms with van der Waals surface area (Å²) in [6.07, 6.45) is 6.68. The van der Waals surface area contributed by atoms with Gasteiger partial charge in [-0.2, -0.15) is 0 Å².